The summed E-state index contributed by atoms with van der Waals surface area (Å²) in [5.74, 6) is -0.395. The highest BCUT2D eigenvalue weighted by molar-refractivity contribution is 5.79. The molecule has 0 rings (SSSR count). The Morgan fingerprint density at radius 1 is 0.321 bits per heavy atom. The molecule has 0 heterocycles. The Balaban J connectivity index is 4.32. The Kier molecular flexibility index (Phi) is 45.2. The summed E-state index contributed by atoms with van der Waals surface area (Å²) in [5.41, 5.74) is 0. The van der Waals surface area contributed by atoms with Gasteiger partial charge in [0.05, 0.1) is 0 Å². The van der Waals surface area contributed by atoms with Gasteiger partial charge in [-0.05, 0) is 19.3 Å². The lowest BCUT2D eigenvalue weighted by molar-refractivity contribution is -0.160. The van der Waals surface area contributed by atoms with Gasteiger partial charge in [0.15, 0.2) is 0 Å². The van der Waals surface area contributed by atoms with Crippen LogP contribution in [0.25, 0.3) is 0 Å². The van der Waals surface area contributed by atoms with E-state index in [1.54, 1.807) is 0 Å². The number of Topliss-reactive ketones (excluding diaryl/α,β-unsaturated/α-hetero) is 1. The number of ketones is 1. The molecule has 0 saturated carbocycles. The zero-order valence-corrected chi connectivity index (χ0v) is 38.2. The Bertz CT molecular complexity index is 781. The van der Waals surface area contributed by atoms with Gasteiger partial charge in [0.1, 0.15) is 18.5 Å². The highest BCUT2D eigenvalue weighted by Gasteiger charge is 2.20. The first kappa shape index (κ1) is 54.6. The van der Waals surface area contributed by atoms with Gasteiger partial charge < -0.3 is 9.47 Å². The first-order valence-electron chi connectivity index (χ1n) is 25.4. The molecule has 56 heavy (non-hydrogen) atoms. The molecule has 0 aliphatic carbocycles. The second kappa shape index (κ2) is 46.3. The van der Waals surface area contributed by atoms with E-state index in [9.17, 15) is 14.4 Å². The van der Waals surface area contributed by atoms with Crippen molar-refractivity contribution in [1.82, 2.24) is 0 Å². The Morgan fingerprint density at radius 3 is 0.875 bits per heavy atom. The molecule has 0 aromatic rings. The average Bonchev–Trinajstić information content (AvgIpc) is 3.19. The standard InChI is InChI=1S/C51H98O5/c1-4-7-10-13-16-19-22-25-28-31-34-37-40-43-48(52)46-49(56-51(54)45-42-39-36-33-30-27-24-21-18-15-12-9-6-3)47-55-50(53)44-41-38-35-32-29-26-23-20-17-14-11-8-5-2/h49H,4-47H2,1-3H3/t49-/m1/s1. The van der Waals surface area contributed by atoms with E-state index in [0.29, 0.717) is 19.3 Å². The Morgan fingerprint density at radius 2 is 0.571 bits per heavy atom. The number of ether oxygens (including phenoxy) is 2. The maximum absolute atomic E-state index is 12.9. The number of esters is 2. The molecule has 0 radical (unpaired) electrons. The van der Waals surface area contributed by atoms with E-state index in [1.165, 1.54) is 199 Å². The van der Waals surface area contributed by atoms with E-state index < -0.39 is 6.10 Å². The molecule has 0 fully saturated rings. The normalized spacial score (nSPS) is 11.9. The Labute approximate surface area is 350 Å². The molecule has 0 N–H and O–H groups in total. The topological polar surface area (TPSA) is 69.7 Å². The van der Waals surface area contributed by atoms with E-state index in [-0.39, 0.29) is 30.7 Å². The minimum atomic E-state index is -0.672. The summed E-state index contributed by atoms with van der Waals surface area (Å²) in [7, 11) is 0. The van der Waals surface area contributed by atoms with Crippen molar-refractivity contribution in [2.45, 2.75) is 303 Å². The van der Waals surface area contributed by atoms with Gasteiger partial charge in [-0.15, -0.1) is 0 Å². The quantitative estimate of drug-likeness (QED) is 0.0453. The molecule has 1 atom stereocenters. The fourth-order valence-corrected chi connectivity index (χ4v) is 7.91. The molecule has 0 aromatic carbocycles. The van der Waals surface area contributed by atoms with Crippen molar-refractivity contribution in [2.75, 3.05) is 6.61 Å². The van der Waals surface area contributed by atoms with Crippen LogP contribution in [0.15, 0.2) is 0 Å². The zero-order chi connectivity index (χ0) is 40.8. The van der Waals surface area contributed by atoms with E-state index >= 15 is 0 Å². The summed E-state index contributed by atoms with van der Waals surface area (Å²) in [5, 5.41) is 0. The van der Waals surface area contributed by atoms with Crippen LogP contribution in [-0.4, -0.2) is 30.4 Å². The van der Waals surface area contributed by atoms with Crippen LogP contribution in [0.1, 0.15) is 297 Å². The number of carbonyl (C=O) groups is 3. The van der Waals surface area contributed by atoms with Crippen LogP contribution in [-0.2, 0) is 23.9 Å². The molecular weight excluding hydrogens is 693 g/mol. The molecule has 332 valence electrons. The van der Waals surface area contributed by atoms with E-state index in [1.807, 2.05) is 0 Å². The molecule has 5 nitrogen and oxygen atoms in total. The van der Waals surface area contributed by atoms with Gasteiger partial charge in [-0.3, -0.25) is 14.4 Å². The van der Waals surface area contributed by atoms with E-state index in [2.05, 4.69) is 20.8 Å². The van der Waals surface area contributed by atoms with Crippen molar-refractivity contribution in [2.24, 2.45) is 0 Å². The van der Waals surface area contributed by atoms with Crippen molar-refractivity contribution < 1.29 is 23.9 Å². The van der Waals surface area contributed by atoms with Crippen molar-refractivity contribution in [3.05, 3.63) is 0 Å². The first-order valence-corrected chi connectivity index (χ1v) is 25.4. The first-order chi connectivity index (χ1) is 27.5. The van der Waals surface area contributed by atoms with E-state index in [4.69, 9.17) is 9.47 Å². The highest BCUT2D eigenvalue weighted by Crippen LogP contribution is 2.17. The van der Waals surface area contributed by atoms with Crippen molar-refractivity contribution >= 4 is 17.7 Å². The maximum Gasteiger partial charge on any atom is 0.306 e. The largest absolute Gasteiger partial charge is 0.462 e. The van der Waals surface area contributed by atoms with Gasteiger partial charge in [0.2, 0.25) is 0 Å². The minimum absolute atomic E-state index is 0.00797. The molecule has 0 aliphatic heterocycles. The van der Waals surface area contributed by atoms with Gasteiger partial charge in [-0.2, -0.15) is 0 Å². The molecule has 0 amide bonds. The van der Waals surface area contributed by atoms with Crippen LogP contribution >= 0.6 is 0 Å². The highest BCUT2D eigenvalue weighted by atomic mass is 16.6. The second-order valence-electron chi connectivity index (χ2n) is 17.5. The van der Waals surface area contributed by atoms with Crippen molar-refractivity contribution in [1.29, 1.82) is 0 Å². The third-order valence-electron chi connectivity index (χ3n) is 11.7. The molecule has 0 saturated heterocycles. The molecule has 0 aliphatic rings. The van der Waals surface area contributed by atoms with Crippen LogP contribution in [0.2, 0.25) is 0 Å². The van der Waals surface area contributed by atoms with Crippen LogP contribution in [0.5, 0.6) is 0 Å². The predicted molar refractivity (Wildman–Crippen MR) is 241 cm³/mol. The fourth-order valence-electron chi connectivity index (χ4n) is 7.91. The van der Waals surface area contributed by atoms with Crippen molar-refractivity contribution in [3.63, 3.8) is 0 Å². The molecule has 0 unspecified atom stereocenters. The molecule has 5 heteroatoms. The number of carbonyl (C=O) groups excluding carboxylic acids is 3. The number of unbranched alkanes of at least 4 members (excludes halogenated alkanes) is 36. The minimum Gasteiger partial charge on any atom is -0.462 e. The summed E-state index contributed by atoms with van der Waals surface area (Å²) in [6, 6.07) is 0. The zero-order valence-electron chi connectivity index (χ0n) is 38.2. The third kappa shape index (κ3) is 43.7. The van der Waals surface area contributed by atoms with Gasteiger partial charge in [-0.1, -0.05) is 252 Å². The maximum atomic E-state index is 12.9. The lowest BCUT2D eigenvalue weighted by Crippen LogP contribution is -2.28. The third-order valence-corrected chi connectivity index (χ3v) is 11.7. The Hall–Kier alpha value is -1.39. The van der Waals surface area contributed by atoms with Crippen LogP contribution in [0, 0.1) is 0 Å². The summed E-state index contributed by atoms with van der Waals surface area (Å²) in [6.07, 6.45) is 50.2. The van der Waals surface area contributed by atoms with Crippen LogP contribution in [0.3, 0.4) is 0 Å². The second-order valence-corrected chi connectivity index (χ2v) is 17.5. The smallest absolute Gasteiger partial charge is 0.306 e. The van der Waals surface area contributed by atoms with Crippen LogP contribution in [0.4, 0.5) is 0 Å². The van der Waals surface area contributed by atoms with Gasteiger partial charge in [-0.25, -0.2) is 0 Å². The summed E-state index contributed by atoms with van der Waals surface area (Å²) >= 11 is 0. The fraction of sp³-hybridized carbons (Fsp3) is 0.941. The SMILES string of the molecule is CCCCCCCCCCCCCCCC(=O)C[C@H](COC(=O)CCCCCCCCCCCCCCC)OC(=O)CCCCCCCCCCCCCCC. The molecule has 0 aromatic heterocycles. The predicted octanol–water partition coefficient (Wildman–Crippen LogP) is 16.8. The molecule has 0 spiro atoms. The summed E-state index contributed by atoms with van der Waals surface area (Å²) < 4.78 is 11.4. The van der Waals surface area contributed by atoms with Crippen molar-refractivity contribution in [3.8, 4) is 0 Å². The number of hydrogen-bond donors (Lipinski definition) is 0. The molecule has 0 bridgehead atoms. The summed E-state index contributed by atoms with van der Waals surface area (Å²) in [4.78, 5) is 38.3. The van der Waals surface area contributed by atoms with Gasteiger partial charge in [0, 0.05) is 25.7 Å². The molecular formula is C51H98O5. The monoisotopic (exact) mass is 791 g/mol. The average molecular weight is 791 g/mol. The van der Waals surface area contributed by atoms with Gasteiger partial charge >= 0.3 is 11.9 Å². The number of hydrogen-bond acceptors (Lipinski definition) is 5. The lowest BCUT2D eigenvalue weighted by atomic mass is 10.0. The van der Waals surface area contributed by atoms with E-state index in [0.717, 1.165) is 51.4 Å². The number of rotatable bonds is 47. The van der Waals surface area contributed by atoms with Crippen LogP contribution < -0.4 is 0 Å². The van der Waals surface area contributed by atoms with Gasteiger partial charge in [0.25, 0.3) is 0 Å². The summed E-state index contributed by atoms with van der Waals surface area (Å²) in [6.45, 7) is 6.80. The lowest BCUT2D eigenvalue weighted by Gasteiger charge is -2.18.